The fourth-order valence-electron chi connectivity index (χ4n) is 1.88. The highest BCUT2D eigenvalue weighted by Gasteiger charge is 2.12. The summed E-state index contributed by atoms with van der Waals surface area (Å²) in [5.41, 5.74) is 1.86. The van der Waals surface area contributed by atoms with E-state index in [9.17, 15) is 5.11 Å². The fraction of sp³-hybridized carbons (Fsp3) is 0.0714. The second kappa shape index (κ2) is 5.04. The lowest BCUT2D eigenvalue weighted by Crippen LogP contribution is -1.77. The highest BCUT2D eigenvalue weighted by atomic mass is 35.5. The van der Waals surface area contributed by atoms with Gasteiger partial charge < -0.3 is 5.11 Å². The molecule has 0 radical (unpaired) electrons. The number of benzene rings is 1. The Kier molecular flexibility index (Phi) is 3.39. The quantitative estimate of drug-likeness (QED) is 0.673. The molecule has 0 aliphatic rings. The minimum absolute atomic E-state index is 0.316. The molecule has 0 atom stereocenters. The van der Waals surface area contributed by atoms with Crippen molar-refractivity contribution in [1.82, 2.24) is 4.98 Å². The van der Waals surface area contributed by atoms with Crippen molar-refractivity contribution in [3.8, 4) is 16.2 Å². The number of rotatable bonds is 2. The van der Waals surface area contributed by atoms with Gasteiger partial charge in [0.1, 0.15) is 5.75 Å². The van der Waals surface area contributed by atoms with Crippen LogP contribution in [0.15, 0.2) is 41.4 Å². The summed E-state index contributed by atoms with van der Waals surface area (Å²) in [6.45, 7) is 0. The largest absolute Gasteiger partial charge is 0.505 e. The highest BCUT2D eigenvalue weighted by Crippen LogP contribution is 2.41. The van der Waals surface area contributed by atoms with Gasteiger partial charge in [-0.05, 0) is 30.0 Å². The molecule has 1 N–H and O–H groups in total. The maximum Gasteiger partial charge on any atom is 0.150 e. The summed E-state index contributed by atoms with van der Waals surface area (Å²) in [5, 5.41) is 10.9. The third kappa shape index (κ3) is 2.31. The molecule has 2 nitrogen and oxygen atoms in total. The summed E-state index contributed by atoms with van der Waals surface area (Å²) in [4.78, 5) is 6.23. The Morgan fingerprint density at radius 1 is 1.32 bits per heavy atom. The first-order valence-corrected chi connectivity index (χ1v) is 8.02. The first-order chi connectivity index (χ1) is 9.19. The van der Waals surface area contributed by atoms with E-state index in [1.807, 2.05) is 36.6 Å². The molecular weight excluding hydrogens is 298 g/mol. The van der Waals surface area contributed by atoms with E-state index in [-0.39, 0.29) is 0 Å². The molecule has 0 fully saturated rings. The van der Waals surface area contributed by atoms with Gasteiger partial charge in [-0.2, -0.15) is 0 Å². The minimum atomic E-state index is 0.316. The van der Waals surface area contributed by atoms with E-state index >= 15 is 0 Å². The third-order valence-corrected chi connectivity index (χ3v) is 4.96. The molecule has 96 valence electrons. The number of aromatic nitrogens is 1. The van der Waals surface area contributed by atoms with E-state index in [0.717, 1.165) is 25.6 Å². The Hall–Kier alpha value is -1.23. The standard InChI is InChI=1S/C14H10ClNOS2/c1-18-12-7-16-10-6-11(19-14(10)13(12)17)8-3-2-4-9(15)5-8/h2-7H,1H3,(H,16,17). The van der Waals surface area contributed by atoms with Crippen LogP contribution in [-0.4, -0.2) is 16.3 Å². The van der Waals surface area contributed by atoms with Gasteiger partial charge in [-0.25, -0.2) is 0 Å². The van der Waals surface area contributed by atoms with Gasteiger partial charge in [0.2, 0.25) is 0 Å². The molecule has 0 saturated carbocycles. The van der Waals surface area contributed by atoms with Crippen molar-refractivity contribution in [1.29, 1.82) is 0 Å². The average molecular weight is 308 g/mol. The number of hydrogen-bond donors (Lipinski definition) is 1. The number of pyridine rings is 1. The number of thioether (sulfide) groups is 1. The van der Waals surface area contributed by atoms with Crippen molar-refractivity contribution < 1.29 is 5.11 Å². The van der Waals surface area contributed by atoms with Crippen LogP contribution in [0.1, 0.15) is 0 Å². The topological polar surface area (TPSA) is 33.1 Å². The fourth-order valence-corrected chi connectivity index (χ4v) is 3.65. The van der Waals surface area contributed by atoms with Crippen molar-refractivity contribution in [3.05, 3.63) is 41.6 Å². The number of fused-ring (bicyclic) bond motifs is 1. The van der Waals surface area contributed by atoms with Crippen LogP contribution in [-0.2, 0) is 0 Å². The van der Waals surface area contributed by atoms with Gasteiger partial charge in [-0.1, -0.05) is 23.7 Å². The zero-order valence-electron chi connectivity index (χ0n) is 10.1. The molecule has 1 aromatic carbocycles. The summed E-state index contributed by atoms with van der Waals surface area (Å²) in [6.07, 6.45) is 3.63. The number of aromatic hydroxyl groups is 1. The zero-order chi connectivity index (χ0) is 13.4. The molecule has 5 heteroatoms. The van der Waals surface area contributed by atoms with Crippen LogP contribution in [0.5, 0.6) is 5.75 Å². The third-order valence-electron chi connectivity index (χ3n) is 2.81. The Balaban J connectivity index is 2.19. The first kappa shape index (κ1) is 12.8. The molecule has 0 aliphatic heterocycles. The molecule has 0 amide bonds. The summed E-state index contributed by atoms with van der Waals surface area (Å²) >= 11 is 9.03. The van der Waals surface area contributed by atoms with E-state index < -0.39 is 0 Å². The second-order valence-electron chi connectivity index (χ2n) is 4.01. The van der Waals surface area contributed by atoms with E-state index in [1.165, 1.54) is 23.1 Å². The molecule has 2 aromatic heterocycles. The Labute approximate surface area is 124 Å². The van der Waals surface area contributed by atoms with E-state index in [4.69, 9.17) is 11.6 Å². The summed E-state index contributed by atoms with van der Waals surface area (Å²) in [7, 11) is 0. The smallest absolute Gasteiger partial charge is 0.150 e. The lowest BCUT2D eigenvalue weighted by Gasteiger charge is -1.99. The Bertz CT molecular complexity index is 754. The van der Waals surface area contributed by atoms with Gasteiger partial charge >= 0.3 is 0 Å². The van der Waals surface area contributed by atoms with Crippen LogP contribution in [0.2, 0.25) is 5.02 Å². The monoisotopic (exact) mass is 307 g/mol. The minimum Gasteiger partial charge on any atom is -0.505 e. The van der Waals surface area contributed by atoms with Crippen molar-refractivity contribution in [2.45, 2.75) is 4.90 Å². The molecule has 0 aliphatic carbocycles. The summed E-state index contributed by atoms with van der Waals surface area (Å²) in [6, 6.07) is 9.67. The van der Waals surface area contributed by atoms with Crippen LogP contribution in [0.3, 0.4) is 0 Å². The zero-order valence-corrected chi connectivity index (χ0v) is 12.4. The van der Waals surface area contributed by atoms with Gasteiger partial charge in [-0.15, -0.1) is 23.1 Å². The predicted molar refractivity (Wildman–Crippen MR) is 83.5 cm³/mol. The van der Waals surface area contributed by atoms with Crippen molar-refractivity contribution in [3.63, 3.8) is 0 Å². The second-order valence-corrected chi connectivity index (χ2v) is 6.35. The molecule has 0 spiro atoms. The van der Waals surface area contributed by atoms with Gasteiger partial charge in [0.25, 0.3) is 0 Å². The Morgan fingerprint density at radius 2 is 2.16 bits per heavy atom. The molecule has 19 heavy (non-hydrogen) atoms. The van der Waals surface area contributed by atoms with Crippen molar-refractivity contribution in [2.24, 2.45) is 0 Å². The Morgan fingerprint density at radius 3 is 2.89 bits per heavy atom. The maximum absolute atomic E-state index is 10.2. The molecule has 0 saturated heterocycles. The molecule has 2 heterocycles. The summed E-state index contributed by atoms with van der Waals surface area (Å²) in [5.74, 6) is 0.316. The molecular formula is C14H10ClNOS2. The van der Waals surface area contributed by atoms with Crippen molar-refractivity contribution >= 4 is 44.9 Å². The van der Waals surface area contributed by atoms with Crippen LogP contribution in [0.4, 0.5) is 0 Å². The van der Waals surface area contributed by atoms with E-state index in [2.05, 4.69) is 4.98 Å². The first-order valence-electron chi connectivity index (χ1n) is 5.60. The van der Waals surface area contributed by atoms with Crippen LogP contribution in [0, 0.1) is 0 Å². The number of nitrogens with zero attached hydrogens (tertiary/aromatic N) is 1. The lowest BCUT2D eigenvalue weighted by molar-refractivity contribution is 0.469. The van der Waals surface area contributed by atoms with Gasteiger partial charge in [0.05, 0.1) is 15.1 Å². The van der Waals surface area contributed by atoms with Crippen LogP contribution in [0.25, 0.3) is 20.7 Å². The van der Waals surface area contributed by atoms with Crippen molar-refractivity contribution in [2.75, 3.05) is 6.26 Å². The molecule has 3 aromatic rings. The van der Waals surface area contributed by atoms with Gasteiger partial charge in [0, 0.05) is 16.1 Å². The number of halogens is 1. The molecule has 3 rings (SSSR count). The van der Waals surface area contributed by atoms with Gasteiger partial charge in [0.15, 0.2) is 0 Å². The SMILES string of the molecule is CSc1cnc2cc(-c3cccc(Cl)c3)sc2c1O. The maximum atomic E-state index is 10.2. The molecule has 0 unspecified atom stereocenters. The van der Waals surface area contributed by atoms with E-state index in [0.29, 0.717) is 10.8 Å². The predicted octanol–water partition coefficient (Wildman–Crippen LogP) is 5.04. The van der Waals surface area contributed by atoms with E-state index in [1.54, 1.807) is 6.20 Å². The normalized spacial score (nSPS) is 11.1. The van der Waals surface area contributed by atoms with Crippen LogP contribution < -0.4 is 0 Å². The number of hydrogen-bond acceptors (Lipinski definition) is 4. The van der Waals surface area contributed by atoms with Gasteiger partial charge in [-0.3, -0.25) is 4.98 Å². The number of thiophene rings is 1. The molecule has 0 bridgehead atoms. The van der Waals surface area contributed by atoms with Crippen LogP contribution >= 0.6 is 34.7 Å². The lowest BCUT2D eigenvalue weighted by atomic mass is 10.2. The average Bonchev–Trinajstić information content (AvgIpc) is 2.84. The summed E-state index contributed by atoms with van der Waals surface area (Å²) < 4.78 is 0.821. The highest BCUT2D eigenvalue weighted by molar-refractivity contribution is 7.98.